The zero-order valence-electron chi connectivity index (χ0n) is 19.5. The van der Waals surface area contributed by atoms with Crippen LogP contribution in [-0.2, 0) is 4.74 Å². The van der Waals surface area contributed by atoms with E-state index in [0.29, 0.717) is 19.0 Å². The molecule has 1 aromatic carbocycles. The third kappa shape index (κ3) is 10.1. The summed E-state index contributed by atoms with van der Waals surface area (Å²) in [5.41, 5.74) is -0.00216. The Balaban J connectivity index is 2.82. The van der Waals surface area contributed by atoms with Crippen molar-refractivity contribution < 1.29 is 28.9 Å². The van der Waals surface area contributed by atoms with E-state index in [1.165, 1.54) is 57.8 Å². The molecule has 1 rings (SSSR count). The van der Waals surface area contributed by atoms with Crippen LogP contribution in [0.2, 0.25) is 0 Å². The molecule has 31 heavy (non-hydrogen) atoms. The van der Waals surface area contributed by atoms with Gasteiger partial charge in [-0.15, -0.1) is 0 Å². The van der Waals surface area contributed by atoms with Gasteiger partial charge in [0.05, 0.1) is 20.3 Å². The average molecular weight is 437 g/mol. The van der Waals surface area contributed by atoms with Gasteiger partial charge < -0.3 is 19.3 Å². The van der Waals surface area contributed by atoms with E-state index in [2.05, 4.69) is 13.8 Å². The van der Waals surface area contributed by atoms with E-state index >= 15 is 0 Å². The SMILES string of the molecule is CCCCCCCCOc1ccc(C(=O)O)c(OCCCCCCCC)c1C(=O)OC. The Morgan fingerprint density at radius 1 is 0.774 bits per heavy atom. The van der Waals surface area contributed by atoms with E-state index in [-0.39, 0.29) is 16.9 Å². The minimum Gasteiger partial charge on any atom is -0.493 e. The Morgan fingerprint density at radius 2 is 1.29 bits per heavy atom. The van der Waals surface area contributed by atoms with Gasteiger partial charge in [0.25, 0.3) is 0 Å². The molecular weight excluding hydrogens is 396 g/mol. The number of carboxylic acids is 1. The Bertz CT molecular complexity index is 656. The van der Waals surface area contributed by atoms with Gasteiger partial charge in [0, 0.05) is 0 Å². The smallest absolute Gasteiger partial charge is 0.345 e. The van der Waals surface area contributed by atoms with E-state index in [0.717, 1.165) is 38.5 Å². The molecule has 0 saturated heterocycles. The second-order valence-electron chi connectivity index (χ2n) is 7.84. The van der Waals surface area contributed by atoms with E-state index in [1.807, 2.05) is 0 Å². The maximum Gasteiger partial charge on any atom is 0.345 e. The van der Waals surface area contributed by atoms with Crippen LogP contribution in [0.5, 0.6) is 11.5 Å². The van der Waals surface area contributed by atoms with Crippen molar-refractivity contribution in [1.29, 1.82) is 0 Å². The predicted octanol–water partition coefficient (Wildman–Crippen LogP) is 6.65. The lowest BCUT2D eigenvalue weighted by atomic mass is 10.1. The lowest BCUT2D eigenvalue weighted by Gasteiger charge is -2.17. The molecule has 0 aliphatic carbocycles. The van der Waals surface area contributed by atoms with Crippen LogP contribution in [0.25, 0.3) is 0 Å². The van der Waals surface area contributed by atoms with Gasteiger partial charge in [-0.3, -0.25) is 0 Å². The van der Waals surface area contributed by atoms with Gasteiger partial charge in [-0.05, 0) is 25.0 Å². The van der Waals surface area contributed by atoms with Crippen molar-refractivity contribution in [3.8, 4) is 11.5 Å². The molecule has 6 heteroatoms. The minimum atomic E-state index is -1.15. The first-order valence-corrected chi connectivity index (χ1v) is 11.8. The van der Waals surface area contributed by atoms with Crippen molar-refractivity contribution in [2.45, 2.75) is 90.9 Å². The van der Waals surface area contributed by atoms with Crippen molar-refractivity contribution in [3.63, 3.8) is 0 Å². The summed E-state index contributed by atoms with van der Waals surface area (Å²) in [6, 6.07) is 2.95. The number of carboxylic acid groups (broad SMARTS) is 1. The normalized spacial score (nSPS) is 10.7. The number of hydrogen-bond donors (Lipinski definition) is 1. The molecule has 0 saturated carbocycles. The third-order valence-corrected chi connectivity index (χ3v) is 5.24. The number of carbonyl (C=O) groups is 2. The monoisotopic (exact) mass is 436 g/mol. The summed E-state index contributed by atoms with van der Waals surface area (Å²) < 4.78 is 16.6. The van der Waals surface area contributed by atoms with Crippen LogP contribution in [-0.4, -0.2) is 37.4 Å². The van der Waals surface area contributed by atoms with Gasteiger partial charge in [-0.25, -0.2) is 9.59 Å². The lowest BCUT2D eigenvalue weighted by molar-refractivity contribution is 0.0590. The number of ether oxygens (including phenoxy) is 3. The molecule has 0 aromatic heterocycles. The largest absolute Gasteiger partial charge is 0.493 e. The average Bonchev–Trinajstić information content (AvgIpc) is 2.77. The molecule has 1 aromatic rings. The van der Waals surface area contributed by atoms with Gasteiger partial charge in [0.1, 0.15) is 16.9 Å². The number of benzene rings is 1. The maximum atomic E-state index is 12.5. The summed E-state index contributed by atoms with van der Waals surface area (Å²) in [7, 11) is 1.27. The molecule has 6 nitrogen and oxygen atoms in total. The number of esters is 1. The van der Waals surface area contributed by atoms with E-state index in [1.54, 1.807) is 0 Å². The van der Waals surface area contributed by atoms with Gasteiger partial charge in [-0.2, -0.15) is 0 Å². The summed E-state index contributed by atoms with van der Waals surface area (Å²) in [6.45, 7) is 5.16. The molecule has 0 heterocycles. The molecule has 176 valence electrons. The molecule has 0 aliphatic heterocycles. The summed E-state index contributed by atoms with van der Waals surface area (Å²) >= 11 is 0. The molecule has 0 spiro atoms. The summed E-state index contributed by atoms with van der Waals surface area (Å²) in [5, 5.41) is 9.58. The van der Waals surface area contributed by atoms with Crippen LogP contribution >= 0.6 is 0 Å². The van der Waals surface area contributed by atoms with Crippen molar-refractivity contribution in [2.24, 2.45) is 0 Å². The van der Waals surface area contributed by atoms with Crippen molar-refractivity contribution in [1.82, 2.24) is 0 Å². The van der Waals surface area contributed by atoms with E-state index in [9.17, 15) is 14.7 Å². The molecule has 0 atom stereocenters. The van der Waals surface area contributed by atoms with Gasteiger partial charge in [-0.1, -0.05) is 78.1 Å². The fraction of sp³-hybridized carbons (Fsp3) is 0.680. The van der Waals surface area contributed by atoms with Crippen molar-refractivity contribution in [3.05, 3.63) is 23.3 Å². The van der Waals surface area contributed by atoms with Crippen molar-refractivity contribution in [2.75, 3.05) is 20.3 Å². The zero-order valence-corrected chi connectivity index (χ0v) is 19.5. The number of aromatic carboxylic acids is 1. The zero-order chi connectivity index (χ0) is 22.9. The third-order valence-electron chi connectivity index (χ3n) is 5.24. The van der Waals surface area contributed by atoms with Crippen LogP contribution in [0.3, 0.4) is 0 Å². The number of rotatable bonds is 18. The Hall–Kier alpha value is -2.24. The van der Waals surface area contributed by atoms with Gasteiger partial charge >= 0.3 is 11.9 Å². The Labute approximate surface area is 187 Å². The summed E-state index contributed by atoms with van der Waals surface area (Å²) in [5.74, 6) is -1.46. The molecule has 0 fully saturated rings. The number of carbonyl (C=O) groups excluding carboxylic acids is 1. The molecule has 0 aliphatic rings. The standard InChI is InChI=1S/C25H40O6/c1-4-6-8-10-12-14-18-30-21-17-16-20(24(26)27)23(22(21)25(28)29-3)31-19-15-13-11-9-7-5-2/h16-17H,4-15,18-19H2,1-3H3,(H,26,27). The van der Waals surface area contributed by atoms with Crippen LogP contribution < -0.4 is 9.47 Å². The highest BCUT2D eigenvalue weighted by molar-refractivity contribution is 6.01. The molecular formula is C25H40O6. The first kappa shape index (κ1) is 26.8. The van der Waals surface area contributed by atoms with E-state index < -0.39 is 11.9 Å². The fourth-order valence-electron chi connectivity index (χ4n) is 3.42. The van der Waals surface area contributed by atoms with Crippen molar-refractivity contribution >= 4 is 11.9 Å². The molecule has 0 radical (unpaired) electrons. The number of methoxy groups -OCH3 is 1. The predicted molar refractivity (Wildman–Crippen MR) is 122 cm³/mol. The fourth-order valence-corrected chi connectivity index (χ4v) is 3.42. The molecule has 0 amide bonds. The molecule has 0 bridgehead atoms. The summed E-state index contributed by atoms with van der Waals surface area (Å²) in [4.78, 5) is 24.2. The molecule has 0 unspecified atom stereocenters. The van der Waals surface area contributed by atoms with Crippen LogP contribution in [0.1, 0.15) is 112 Å². The Kier molecular flexibility index (Phi) is 14.2. The topological polar surface area (TPSA) is 82.1 Å². The lowest BCUT2D eigenvalue weighted by Crippen LogP contribution is -2.14. The second kappa shape index (κ2) is 16.5. The van der Waals surface area contributed by atoms with Gasteiger partial charge in [0.2, 0.25) is 0 Å². The first-order valence-electron chi connectivity index (χ1n) is 11.8. The quantitative estimate of drug-likeness (QED) is 0.205. The number of hydrogen-bond acceptors (Lipinski definition) is 5. The maximum absolute atomic E-state index is 12.5. The van der Waals surface area contributed by atoms with Crippen LogP contribution in [0, 0.1) is 0 Å². The Morgan fingerprint density at radius 3 is 1.81 bits per heavy atom. The highest BCUT2D eigenvalue weighted by atomic mass is 16.5. The second-order valence-corrected chi connectivity index (χ2v) is 7.84. The first-order chi connectivity index (χ1) is 15.1. The van der Waals surface area contributed by atoms with Crippen LogP contribution in [0.15, 0.2) is 12.1 Å². The number of unbranched alkanes of at least 4 members (excludes halogenated alkanes) is 10. The van der Waals surface area contributed by atoms with Crippen LogP contribution in [0.4, 0.5) is 0 Å². The highest BCUT2D eigenvalue weighted by Crippen LogP contribution is 2.34. The minimum absolute atomic E-state index is 0.0355. The molecule has 1 N–H and O–H groups in total. The van der Waals surface area contributed by atoms with E-state index in [4.69, 9.17) is 14.2 Å². The van der Waals surface area contributed by atoms with Gasteiger partial charge in [0.15, 0.2) is 5.75 Å². The highest BCUT2D eigenvalue weighted by Gasteiger charge is 2.26. The summed E-state index contributed by atoms with van der Waals surface area (Å²) in [6.07, 6.45) is 13.3.